The lowest BCUT2D eigenvalue weighted by Crippen LogP contribution is -2.59. The molecule has 2 fully saturated rings. The molecule has 2 atom stereocenters. The first kappa shape index (κ1) is 21.8. The number of methoxy groups -OCH3 is 1. The standard InChI is InChI=1S/C24H27F3N2O2/c1-29-14-19(31-2)13-23(15-29,17-6-4-3-5-7-17)28-22(30)20-11-10-18(24(25,26)27)12-21(20)16-8-9-16/h3-7,10-12,16,19H,8-9,13-15H2,1-2H3,(H,28,30)/t19-,23+/m1/s1. The molecule has 0 spiro atoms. The Morgan fingerprint density at radius 3 is 2.48 bits per heavy atom. The summed E-state index contributed by atoms with van der Waals surface area (Å²) in [7, 11) is 3.63. The van der Waals surface area contributed by atoms with Gasteiger partial charge in [0.05, 0.1) is 17.2 Å². The highest BCUT2D eigenvalue weighted by atomic mass is 19.4. The smallest absolute Gasteiger partial charge is 0.380 e. The monoisotopic (exact) mass is 432 g/mol. The van der Waals surface area contributed by atoms with E-state index in [2.05, 4.69) is 10.2 Å². The molecule has 1 aliphatic heterocycles. The van der Waals surface area contributed by atoms with Crippen molar-refractivity contribution in [2.24, 2.45) is 0 Å². The molecule has 0 aromatic heterocycles. The molecule has 1 saturated carbocycles. The van der Waals surface area contributed by atoms with Crippen LogP contribution in [0.2, 0.25) is 0 Å². The van der Waals surface area contributed by atoms with E-state index in [0.717, 1.165) is 37.1 Å². The van der Waals surface area contributed by atoms with Gasteiger partial charge in [0.15, 0.2) is 0 Å². The van der Waals surface area contributed by atoms with Gasteiger partial charge in [0.2, 0.25) is 0 Å². The number of carbonyl (C=O) groups excluding carboxylic acids is 1. The highest BCUT2D eigenvalue weighted by molar-refractivity contribution is 5.96. The van der Waals surface area contributed by atoms with Gasteiger partial charge in [-0.3, -0.25) is 4.79 Å². The average Bonchev–Trinajstić information content (AvgIpc) is 3.58. The molecular formula is C24H27F3N2O2. The number of hydrogen-bond acceptors (Lipinski definition) is 3. The Labute approximate surface area is 180 Å². The maximum absolute atomic E-state index is 13.5. The van der Waals surface area contributed by atoms with Crippen molar-refractivity contribution in [3.05, 3.63) is 70.8 Å². The second kappa shape index (κ2) is 8.28. The van der Waals surface area contributed by atoms with Gasteiger partial charge in [0, 0.05) is 32.2 Å². The van der Waals surface area contributed by atoms with Crippen LogP contribution in [0.5, 0.6) is 0 Å². The van der Waals surface area contributed by atoms with Gasteiger partial charge < -0.3 is 15.0 Å². The predicted molar refractivity (Wildman–Crippen MR) is 112 cm³/mol. The molecule has 1 amide bonds. The third-order valence-corrected chi connectivity index (χ3v) is 6.28. The summed E-state index contributed by atoms with van der Waals surface area (Å²) in [4.78, 5) is 15.6. The summed E-state index contributed by atoms with van der Waals surface area (Å²) in [6, 6.07) is 13.2. The zero-order valence-corrected chi connectivity index (χ0v) is 17.7. The number of likely N-dealkylation sites (N-methyl/N-ethyl adjacent to an activating group) is 1. The van der Waals surface area contributed by atoms with Crippen LogP contribution in [0.3, 0.4) is 0 Å². The second-order valence-corrected chi connectivity index (χ2v) is 8.73. The molecule has 166 valence electrons. The van der Waals surface area contributed by atoms with Crippen molar-refractivity contribution in [3.63, 3.8) is 0 Å². The number of alkyl halides is 3. The molecule has 4 nitrogen and oxygen atoms in total. The van der Waals surface area contributed by atoms with Crippen molar-refractivity contribution < 1.29 is 22.7 Å². The lowest BCUT2D eigenvalue weighted by Gasteiger charge is -2.45. The number of nitrogens with one attached hydrogen (secondary N) is 1. The van der Waals surface area contributed by atoms with E-state index in [0.29, 0.717) is 24.1 Å². The largest absolute Gasteiger partial charge is 0.416 e. The Bertz CT molecular complexity index is 944. The number of benzene rings is 2. The average molecular weight is 432 g/mol. The van der Waals surface area contributed by atoms with Crippen LogP contribution in [-0.4, -0.2) is 44.2 Å². The van der Waals surface area contributed by atoms with Crippen molar-refractivity contribution in [1.29, 1.82) is 0 Å². The number of nitrogens with zero attached hydrogens (tertiary/aromatic N) is 1. The quantitative estimate of drug-likeness (QED) is 0.753. The van der Waals surface area contributed by atoms with Gasteiger partial charge in [0.1, 0.15) is 0 Å². The van der Waals surface area contributed by atoms with Gasteiger partial charge in [-0.15, -0.1) is 0 Å². The van der Waals surface area contributed by atoms with Crippen molar-refractivity contribution >= 4 is 5.91 Å². The molecule has 7 heteroatoms. The van der Waals surface area contributed by atoms with E-state index >= 15 is 0 Å². The van der Waals surface area contributed by atoms with Crippen molar-refractivity contribution in [2.45, 2.75) is 43.0 Å². The molecule has 2 aromatic rings. The third kappa shape index (κ3) is 4.62. The Morgan fingerprint density at radius 1 is 1.16 bits per heavy atom. The Morgan fingerprint density at radius 2 is 1.87 bits per heavy atom. The third-order valence-electron chi connectivity index (χ3n) is 6.28. The van der Waals surface area contributed by atoms with Gasteiger partial charge in [-0.2, -0.15) is 13.2 Å². The van der Waals surface area contributed by atoms with Gasteiger partial charge >= 0.3 is 6.18 Å². The van der Waals surface area contributed by atoms with Gasteiger partial charge in [-0.05, 0) is 55.1 Å². The van der Waals surface area contributed by atoms with E-state index in [1.54, 1.807) is 7.11 Å². The number of carbonyl (C=O) groups is 1. The zero-order chi connectivity index (χ0) is 22.2. The summed E-state index contributed by atoms with van der Waals surface area (Å²) >= 11 is 0. The minimum atomic E-state index is -4.43. The highest BCUT2D eigenvalue weighted by Gasteiger charge is 2.43. The summed E-state index contributed by atoms with van der Waals surface area (Å²) in [6.45, 7) is 1.33. The van der Waals surface area contributed by atoms with Crippen LogP contribution >= 0.6 is 0 Å². The molecule has 1 saturated heterocycles. The number of hydrogen-bond donors (Lipinski definition) is 1. The second-order valence-electron chi connectivity index (χ2n) is 8.73. The zero-order valence-electron chi connectivity index (χ0n) is 17.7. The van der Waals surface area contributed by atoms with Crippen LogP contribution in [0.4, 0.5) is 13.2 Å². The first-order valence-electron chi connectivity index (χ1n) is 10.5. The van der Waals surface area contributed by atoms with Gasteiger partial charge in [-0.25, -0.2) is 0 Å². The number of piperidine rings is 1. The van der Waals surface area contributed by atoms with Crippen LogP contribution in [-0.2, 0) is 16.5 Å². The van der Waals surface area contributed by atoms with Crippen molar-refractivity contribution in [3.8, 4) is 0 Å². The van der Waals surface area contributed by atoms with E-state index in [9.17, 15) is 18.0 Å². The minimum absolute atomic E-state index is 0.0106. The van der Waals surface area contributed by atoms with E-state index < -0.39 is 17.3 Å². The highest BCUT2D eigenvalue weighted by Crippen LogP contribution is 2.44. The van der Waals surface area contributed by atoms with Crippen LogP contribution in [0.1, 0.15) is 52.2 Å². The summed E-state index contributed by atoms with van der Waals surface area (Å²) < 4.78 is 45.4. The molecule has 0 bridgehead atoms. The molecular weight excluding hydrogens is 405 g/mol. The van der Waals surface area contributed by atoms with Crippen LogP contribution in [0.15, 0.2) is 48.5 Å². The molecule has 1 aliphatic carbocycles. The maximum Gasteiger partial charge on any atom is 0.416 e. The molecule has 1 N–H and O–H groups in total. The molecule has 31 heavy (non-hydrogen) atoms. The van der Waals surface area contributed by atoms with E-state index in [1.165, 1.54) is 6.07 Å². The SMILES string of the molecule is CO[C@H]1CN(C)C[C@](NC(=O)c2ccc(C(F)(F)F)cc2C2CC2)(c2ccccc2)C1. The number of rotatable bonds is 5. The Kier molecular flexibility index (Phi) is 5.83. The fraction of sp³-hybridized carbons (Fsp3) is 0.458. The molecule has 0 unspecified atom stereocenters. The van der Waals surface area contributed by atoms with E-state index in [4.69, 9.17) is 4.74 Å². The fourth-order valence-corrected chi connectivity index (χ4v) is 4.64. The predicted octanol–water partition coefficient (Wildman–Crippen LogP) is 4.56. The molecule has 2 aromatic carbocycles. The van der Waals surface area contributed by atoms with E-state index in [-0.39, 0.29) is 17.9 Å². The first-order valence-corrected chi connectivity index (χ1v) is 10.5. The lowest BCUT2D eigenvalue weighted by molar-refractivity contribution is -0.137. The number of halogens is 3. The molecule has 2 aliphatic rings. The summed E-state index contributed by atoms with van der Waals surface area (Å²) in [5.41, 5.74) is 0.364. The van der Waals surface area contributed by atoms with Gasteiger partial charge in [-0.1, -0.05) is 30.3 Å². The summed E-state index contributed by atoms with van der Waals surface area (Å²) in [5, 5.41) is 3.20. The van der Waals surface area contributed by atoms with E-state index in [1.807, 2.05) is 37.4 Å². The molecule has 1 heterocycles. The Balaban J connectivity index is 1.70. The number of amides is 1. The number of likely N-dealkylation sites (tertiary alicyclic amines) is 1. The summed E-state index contributed by atoms with van der Waals surface area (Å²) in [6.07, 6.45) is -2.31. The van der Waals surface area contributed by atoms with Crippen LogP contribution in [0, 0.1) is 0 Å². The maximum atomic E-state index is 13.5. The lowest BCUT2D eigenvalue weighted by atomic mass is 9.80. The first-order chi connectivity index (χ1) is 14.7. The molecule has 4 rings (SSSR count). The van der Waals surface area contributed by atoms with Crippen molar-refractivity contribution in [2.75, 3.05) is 27.2 Å². The Hall–Kier alpha value is -2.38. The summed E-state index contributed by atoms with van der Waals surface area (Å²) in [5.74, 6) is -0.332. The fourth-order valence-electron chi connectivity index (χ4n) is 4.64. The molecule has 0 radical (unpaired) electrons. The normalized spacial score (nSPS) is 24.7. The number of ether oxygens (including phenoxy) is 1. The van der Waals surface area contributed by atoms with Crippen molar-refractivity contribution in [1.82, 2.24) is 10.2 Å². The van der Waals surface area contributed by atoms with Crippen LogP contribution < -0.4 is 5.32 Å². The minimum Gasteiger partial charge on any atom is -0.380 e. The van der Waals surface area contributed by atoms with Gasteiger partial charge in [0.25, 0.3) is 5.91 Å². The van der Waals surface area contributed by atoms with Crippen LogP contribution in [0.25, 0.3) is 0 Å². The topological polar surface area (TPSA) is 41.6 Å².